The van der Waals surface area contributed by atoms with Crippen molar-refractivity contribution in [2.24, 2.45) is 0 Å². The highest BCUT2D eigenvalue weighted by Crippen LogP contribution is 2.34. The third-order valence-electron chi connectivity index (χ3n) is 3.59. The normalized spacial score (nSPS) is 18.8. The van der Waals surface area contributed by atoms with Gasteiger partial charge in [0.2, 0.25) is 11.8 Å². The van der Waals surface area contributed by atoms with Gasteiger partial charge in [-0.25, -0.2) is 0 Å². The summed E-state index contributed by atoms with van der Waals surface area (Å²) in [4.78, 5) is 18.3. The van der Waals surface area contributed by atoms with Crippen LogP contribution in [-0.4, -0.2) is 22.6 Å². The molecule has 0 aliphatic carbocycles. The van der Waals surface area contributed by atoms with Gasteiger partial charge in [0.15, 0.2) is 5.82 Å². The molecule has 1 fully saturated rings. The van der Waals surface area contributed by atoms with Crippen molar-refractivity contribution in [2.45, 2.75) is 32.1 Å². The van der Waals surface area contributed by atoms with Gasteiger partial charge in [0.1, 0.15) is 0 Å². The average molecular weight is 306 g/mol. The Hall–Kier alpha value is -1.88. The van der Waals surface area contributed by atoms with E-state index in [1.165, 1.54) is 0 Å². The van der Waals surface area contributed by atoms with E-state index in [9.17, 15) is 4.79 Å². The van der Waals surface area contributed by atoms with Crippen LogP contribution in [0.2, 0.25) is 5.02 Å². The Morgan fingerprint density at radius 3 is 2.81 bits per heavy atom. The first-order valence-corrected chi connectivity index (χ1v) is 7.32. The minimum absolute atomic E-state index is 0.0254. The van der Waals surface area contributed by atoms with Gasteiger partial charge < -0.3 is 9.42 Å². The van der Waals surface area contributed by atoms with Crippen LogP contribution in [0.1, 0.15) is 43.8 Å². The first-order valence-electron chi connectivity index (χ1n) is 6.94. The van der Waals surface area contributed by atoms with E-state index in [1.54, 1.807) is 11.0 Å². The molecule has 2 aromatic rings. The third-order valence-corrected chi connectivity index (χ3v) is 3.91. The van der Waals surface area contributed by atoms with Crippen molar-refractivity contribution in [3.63, 3.8) is 0 Å². The lowest BCUT2D eigenvalue weighted by Gasteiger charge is -2.17. The smallest absolute Gasteiger partial charge is 0.232 e. The number of para-hydroxylation sites is 1. The fraction of sp³-hybridized carbons (Fsp3) is 0.400. The Morgan fingerprint density at radius 2 is 2.14 bits per heavy atom. The molecule has 0 N–H and O–H groups in total. The molecule has 1 aliphatic heterocycles. The molecule has 1 aromatic heterocycles. The Bertz CT molecular complexity index is 668. The van der Waals surface area contributed by atoms with Crippen LogP contribution in [0.4, 0.5) is 5.69 Å². The number of hydrogen-bond donors (Lipinski definition) is 0. The van der Waals surface area contributed by atoms with Gasteiger partial charge in [0.05, 0.1) is 16.6 Å². The molecule has 2 heterocycles. The quantitative estimate of drug-likeness (QED) is 0.872. The van der Waals surface area contributed by atoms with Crippen molar-refractivity contribution < 1.29 is 9.32 Å². The van der Waals surface area contributed by atoms with Gasteiger partial charge in [-0.05, 0) is 12.1 Å². The van der Waals surface area contributed by atoms with Crippen LogP contribution in [-0.2, 0) is 4.79 Å². The molecule has 0 saturated carbocycles. The van der Waals surface area contributed by atoms with Crippen LogP contribution in [0.25, 0.3) is 0 Å². The highest BCUT2D eigenvalue weighted by Gasteiger charge is 2.35. The van der Waals surface area contributed by atoms with Crippen LogP contribution < -0.4 is 4.90 Å². The minimum atomic E-state index is -0.0752. The second kappa shape index (κ2) is 5.48. The Balaban J connectivity index is 1.83. The summed E-state index contributed by atoms with van der Waals surface area (Å²) in [6, 6.07) is 7.33. The number of halogens is 1. The lowest BCUT2D eigenvalue weighted by atomic mass is 10.1. The van der Waals surface area contributed by atoms with Crippen LogP contribution in [0.15, 0.2) is 28.8 Å². The second-order valence-corrected chi connectivity index (χ2v) is 5.91. The van der Waals surface area contributed by atoms with Crippen molar-refractivity contribution >= 4 is 23.2 Å². The summed E-state index contributed by atoms with van der Waals surface area (Å²) < 4.78 is 5.30. The largest absolute Gasteiger partial charge is 0.339 e. The Morgan fingerprint density at radius 1 is 1.38 bits per heavy atom. The molecule has 0 radical (unpaired) electrons. The van der Waals surface area contributed by atoms with E-state index in [1.807, 2.05) is 32.0 Å². The number of nitrogens with zero attached hydrogens (tertiary/aromatic N) is 3. The number of aromatic nitrogens is 2. The van der Waals surface area contributed by atoms with Crippen molar-refractivity contribution in [1.29, 1.82) is 0 Å². The van der Waals surface area contributed by atoms with Crippen molar-refractivity contribution in [1.82, 2.24) is 10.1 Å². The highest BCUT2D eigenvalue weighted by molar-refractivity contribution is 6.33. The summed E-state index contributed by atoms with van der Waals surface area (Å²) in [6.07, 6.45) is 0.366. The van der Waals surface area contributed by atoms with E-state index in [4.69, 9.17) is 16.1 Å². The fourth-order valence-electron chi connectivity index (χ4n) is 2.42. The molecule has 1 saturated heterocycles. The van der Waals surface area contributed by atoms with Crippen LogP contribution >= 0.6 is 11.6 Å². The van der Waals surface area contributed by atoms with Gasteiger partial charge in [-0.15, -0.1) is 0 Å². The van der Waals surface area contributed by atoms with Crippen molar-refractivity contribution in [3.05, 3.63) is 41.0 Å². The fourth-order valence-corrected chi connectivity index (χ4v) is 2.66. The molecule has 21 heavy (non-hydrogen) atoms. The number of carbonyl (C=O) groups is 1. The molecule has 3 rings (SSSR count). The maximum absolute atomic E-state index is 12.2. The molecule has 1 amide bonds. The average Bonchev–Trinajstić information content (AvgIpc) is 3.06. The summed E-state index contributed by atoms with van der Waals surface area (Å²) in [6.45, 7) is 4.53. The maximum Gasteiger partial charge on any atom is 0.232 e. The first kappa shape index (κ1) is 14.1. The van der Waals surface area contributed by atoms with Gasteiger partial charge in [-0.1, -0.05) is 42.7 Å². The predicted octanol–water partition coefficient (Wildman–Crippen LogP) is 3.37. The number of hydrogen-bond acceptors (Lipinski definition) is 4. The second-order valence-electron chi connectivity index (χ2n) is 5.50. The number of anilines is 1. The molecule has 1 aliphatic rings. The number of carbonyl (C=O) groups excluding carboxylic acids is 1. The Labute approximate surface area is 127 Å². The third kappa shape index (κ3) is 2.65. The van der Waals surface area contributed by atoms with Crippen LogP contribution in [0.3, 0.4) is 0 Å². The molecule has 1 atom stereocenters. The molecule has 110 valence electrons. The molecule has 6 heteroatoms. The van der Waals surface area contributed by atoms with Gasteiger partial charge in [-0.3, -0.25) is 4.79 Å². The predicted molar refractivity (Wildman–Crippen MR) is 79.6 cm³/mol. The molecule has 0 bridgehead atoms. The SMILES string of the molecule is CC(C)c1noc([C@H]2CC(=O)N(c3ccccc3Cl)C2)n1. The van der Waals surface area contributed by atoms with Gasteiger partial charge >= 0.3 is 0 Å². The van der Waals surface area contributed by atoms with Gasteiger partial charge in [0, 0.05) is 18.9 Å². The van der Waals surface area contributed by atoms with Crippen LogP contribution in [0.5, 0.6) is 0 Å². The van der Waals surface area contributed by atoms with Gasteiger partial charge in [-0.2, -0.15) is 4.98 Å². The number of benzene rings is 1. The number of amides is 1. The van der Waals surface area contributed by atoms with Crippen molar-refractivity contribution in [3.8, 4) is 0 Å². The molecular formula is C15H16ClN3O2. The zero-order chi connectivity index (χ0) is 15.0. The zero-order valence-corrected chi connectivity index (χ0v) is 12.7. The van der Waals surface area contributed by atoms with Gasteiger partial charge in [0.25, 0.3) is 0 Å². The van der Waals surface area contributed by atoms with Crippen molar-refractivity contribution in [2.75, 3.05) is 11.4 Å². The molecular weight excluding hydrogens is 290 g/mol. The van der Waals surface area contributed by atoms with E-state index in [-0.39, 0.29) is 17.7 Å². The summed E-state index contributed by atoms with van der Waals surface area (Å²) in [5.41, 5.74) is 0.732. The summed E-state index contributed by atoms with van der Waals surface area (Å²) in [5, 5.41) is 4.53. The van der Waals surface area contributed by atoms with E-state index in [0.29, 0.717) is 29.7 Å². The lowest BCUT2D eigenvalue weighted by Crippen LogP contribution is -2.24. The summed E-state index contributed by atoms with van der Waals surface area (Å²) in [5.74, 6) is 1.36. The standard InChI is InChI=1S/C15H16ClN3O2/c1-9(2)14-17-15(21-18-14)10-7-13(20)19(8-10)12-6-4-3-5-11(12)16/h3-6,9-10H,7-8H2,1-2H3/t10-/m0/s1. The monoisotopic (exact) mass is 305 g/mol. The first-order chi connectivity index (χ1) is 10.1. The molecule has 5 nitrogen and oxygen atoms in total. The minimum Gasteiger partial charge on any atom is -0.339 e. The Kier molecular flexibility index (Phi) is 3.68. The van der Waals surface area contributed by atoms with Crippen LogP contribution in [0, 0.1) is 0 Å². The molecule has 0 spiro atoms. The molecule has 1 aromatic carbocycles. The summed E-state index contributed by atoms with van der Waals surface area (Å²) >= 11 is 6.16. The van der Waals surface area contributed by atoms with E-state index < -0.39 is 0 Å². The van der Waals surface area contributed by atoms with E-state index in [2.05, 4.69) is 10.1 Å². The number of rotatable bonds is 3. The highest BCUT2D eigenvalue weighted by atomic mass is 35.5. The lowest BCUT2D eigenvalue weighted by molar-refractivity contribution is -0.117. The topological polar surface area (TPSA) is 59.2 Å². The molecule has 0 unspecified atom stereocenters. The summed E-state index contributed by atoms with van der Waals surface area (Å²) in [7, 11) is 0. The van der Waals surface area contributed by atoms with E-state index >= 15 is 0 Å². The van der Waals surface area contributed by atoms with E-state index in [0.717, 1.165) is 5.69 Å². The zero-order valence-electron chi connectivity index (χ0n) is 11.9. The maximum atomic E-state index is 12.2.